The summed E-state index contributed by atoms with van der Waals surface area (Å²) >= 11 is 0. The van der Waals surface area contributed by atoms with Crippen LogP contribution in [-0.2, 0) is 20.1 Å². The molecule has 2 heteroatoms. The summed E-state index contributed by atoms with van der Waals surface area (Å²) in [6.45, 7) is 2.10. The van der Waals surface area contributed by atoms with Gasteiger partial charge in [0.25, 0.3) is 0 Å². The van der Waals surface area contributed by atoms with Gasteiger partial charge in [-0.3, -0.25) is 0 Å². The van der Waals surface area contributed by atoms with Gasteiger partial charge in [-0.05, 0) is 18.7 Å². The fourth-order valence-electron chi connectivity index (χ4n) is 2.13. The number of rotatable bonds is 2. The molecular formula is C18H14IrN-. The number of aryl methyl sites for hydroxylation is 1. The van der Waals surface area contributed by atoms with Crippen LogP contribution in [0.4, 0.5) is 0 Å². The second kappa shape index (κ2) is 6.60. The standard InChI is InChI=1S/C18H14N.Ir/c1-14-9-11-15(12-10-14)16-6-2-3-7-17(16)18-8-4-5-13-19-18;/h2-6,8-13H,1H3;/q-1;. The Hall–Kier alpha value is -1.76. The van der Waals surface area contributed by atoms with Crippen LogP contribution in [0, 0.1) is 13.0 Å². The molecule has 0 aliphatic rings. The van der Waals surface area contributed by atoms with E-state index >= 15 is 0 Å². The summed E-state index contributed by atoms with van der Waals surface area (Å²) < 4.78 is 0. The molecule has 20 heavy (non-hydrogen) atoms. The molecule has 0 atom stereocenters. The molecule has 0 fully saturated rings. The second-order valence-electron chi connectivity index (χ2n) is 4.54. The van der Waals surface area contributed by atoms with E-state index in [1.165, 1.54) is 16.7 Å². The van der Waals surface area contributed by atoms with Gasteiger partial charge in [0, 0.05) is 26.3 Å². The van der Waals surface area contributed by atoms with Gasteiger partial charge in [0.1, 0.15) is 0 Å². The van der Waals surface area contributed by atoms with Crippen LogP contribution >= 0.6 is 0 Å². The molecule has 0 N–H and O–H groups in total. The molecule has 1 aromatic heterocycles. The van der Waals surface area contributed by atoms with Gasteiger partial charge in [0.2, 0.25) is 0 Å². The molecule has 1 radical (unpaired) electrons. The first-order valence-corrected chi connectivity index (χ1v) is 6.34. The average molecular weight is 437 g/mol. The molecule has 3 aromatic rings. The predicted molar refractivity (Wildman–Crippen MR) is 78.7 cm³/mol. The van der Waals surface area contributed by atoms with Crippen molar-refractivity contribution in [1.29, 1.82) is 0 Å². The molecule has 0 saturated carbocycles. The van der Waals surface area contributed by atoms with Gasteiger partial charge < -0.3 is 4.98 Å². The molecule has 101 valence electrons. The van der Waals surface area contributed by atoms with E-state index in [1.54, 1.807) is 0 Å². The smallest absolute Gasteiger partial charge is 0.0160 e. The van der Waals surface area contributed by atoms with Crippen molar-refractivity contribution in [2.24, 2.45) is 0 Å². The molecule has 1 nitrogen and oxygen atoms in total. The molecule has 0 aliphatic carbocycles. The van der Waals surface area contributed by atoms with Crippen LogP contribution in [0.3, 0.4) is 0 Å². The first kappa shape index (κ1) is 14.6. The van der Waals surface area contributed by atoms with Crippen molar-refractivity contribution in [2.75, 3.05) is 0 Å². The fourth-order valence-corrected chi connectivity index (χ4v) is 2.13. The van der Waals surface area contributed by atoms with Crippen LogP contribution in [0.2, 0.25) is 0 Å². The molecule has 3 rings (SSSR count). The zero-order valence-electron chi connectivity index (χ0n) is 11.1. The van der Waals surface area contributed by atoms with Crippen molar-refractivity contribution in [2.45, 2.75) is 6.92 Å². The summed E-state index contributed by atoms with van der Waals surface area (Å²) in [5.41, 5.74) is 5.64. The van der Waals surface area contributed by atoms with E-state index in [4.69, 9.17) is 0 Å². The van der Waals surface area contributed by atoms with Gasteiger partial charge in [-0.15, -0.1) is 29.8 Å². The zero-order valence-corrected chi connectivity index (χ0v) is 13.5. The van der Waals surface area contributed by atoms with Crippen molar-refractivity contribution in [1.82, 2.24) is 4.98 Å². The number of aromatic nitrogens is 1. The van der Waals surface area contributed by atoms with E-state index in [-0.39, 0.29) is 20.1 Å². The molecule has 0 amide bonds. The Morgan fingerprint density at radius 3 is 2.40 bits per heavy atom. The Bertz CT molecular complexity index is 675. The van der Waals surface area contributed by atoms with Crippen LogP contribution in [0.15, 0.2) is 66.9 Å². The third-order valence-electron chi connectivity index (χ3n) is 3.14. The van der Waals surface area contributed by atoms with Gasteiger partial charge in [-0.1, -0.05) is 53.1 Å². The third-order valence-corrected chi connectivity index (χ3v) is 3.14. The minimum Gasteiger partial charge on any atom is -0.305 e. The topological polar surface area (TPSA) is 12.9 Å². The maximum absolute atomic E-state index is 4.42. The number of hydrogen-bond acceptors (Lipinski definition) is 1. The molecule has 0 spiro atoms. The Kier molecular flexibility index (Phi) is 4.83. The van der Waals surface area contributed by atoms with Gasteiger partial charge >= 0.3 is 0 Å². The number of hydrogen-bond donors (Lipinski definition) is 0. The quantitative estimate of drug-likeness (QED) is 0.539. The number of benzene rings is 2. The average Bonchev–Trinajstić information content (AvgIpc) is 2.49. The Labute approximate surface area is 133 Å². The van der Waals surface area contributed by atoms with Crippen LogP contribution in [0.1, 0.15) is 5.56 Å². The van der Waals surface area contributed by atoms with E-state index < -0.39 is 0 Å². The summed E-state index contributed by atoms with van der Waals surface area (Å²) in [4.78, 5) is 4.42. The molecule has 0 unspecified atom stereocenters. The molecule has 0 aliphatic heterocycles. The maximum Gasteiger partial charge on any atom is 0.0160 e. The van der Waals surface area contributed by atoms with E-state index in [0.29, 0.717) is 0 Å². The monoisotopic (exact) mass is 437 g/mol. The van der Waals surface area contributed by atoms with E-state index in [0.717, 1.165) is 11.3 Å². The Morgan fingerprint density at radius 1 is 0.900 bits per heavy atom. The largest absolute Gasteiger partial charge is 0.305 e. The normalized spacial score (nSPS) is 9.85. The van der Waals surface area contributed by atoms with E-state index in [2.05, 4.69) is 48.3 Å². The van der Waals surface area contributed by atoms with Gasteiger partial charge in [0.05, 0.1) is 0 Å². The first-order valence-electron chi connectivity index (χ1n) is 6.34. The van der Waals surface area contributed by atoms with E-state index in [9.17, 15) is 0 Å². The van der Waals surface area contributed by atoms with Crippen LogP contribution in [0.25, 0.3) is 22.4 Å². The molecular weight excluding hydrogens is 422 g/mol. The Balaban J connectivity index is 0.00000147. The SMILES string of the molecule is Cc1ccc(-c2ccc[c-]c2-c2ccccn2)cc1.[Ir]. The van der Waals surface area contributed by atoms with Crippen molar-refractivity contribution < 1.29 is 20.1 Å². The van der Waals surface area contributed by atoms with Crippen LogP contribution in [-0.4, -0.2) is 4.98 Å². The van der Waals surface area contributed by atoms with Crippen molar-refractivity contribution in [3.8, 4) is 22.4 Å². The first-order chi connectivity index (χ1) is 9.34. The molecule has 0 saturated heterocycles. The van der Waals surface area contributed by atoms with Gasteiger partial charge in [0.15, 0.2) is 0 Å². The summed E-state index contributed by atoms with van der Waals surface area (Å²) in [6.07, 6.45) is 1.81. The minimum absolute atomic E-state index is 0. The summed E-state index contributed by atoms with van der Waals surface area (Å²) in [5, 5.41) is 0. The maximum atomic E-state index is 4.42. The minimum atomic E-state index is 0. The Morgan fingerprint density at radius 2 is 1.70 bits per heavy atom. The molecule has 2 aromatic carbocycles. The predicted octanol–water partition coefficient (Wildman–Crippen LogP) is 4.52. The van der Waals surface area contributed by atoms with Gasteiger partial charge in [-0.2, -0.15) is 0 Å². The second-order valence-corrected chi connectivity index (χ2v) is 4.54. The zero-order chi connectivity index (χ0) is 13.1. The van der Waals surface area contributed by atoms with Crippen LogP contribution < -0.4 is 0 Å². The summed E-state index contributed by atoms with van der Waals surface area (Å²) in [5.74, 6) is 0. The van der Waals surface area contributed by atoms with Crippen molar-refractivity contribution >= 4 is 0 Å². The van der Waals surface area contributed by atoms with Gasteiger partial charge in [-0.25, -0.2) is 0 Å². The summed E-state index contributed by atoms with van der Waals surface area (Å²) in [6, 6.07) is 23.9. The fraction of sp³-hybridized carbons (Fsp3) is 0.0556. The number of pyridine rings is 1. The summed E-state index contributed by atoms with van der Waals surface area (Å²) in [7, 11) is 0. The molecule has 0 bridgehead atoms. The number of nitrogens with zero attached hydrogens (tertiary/aromatic N) is 1. The third kappa shape index (κ3) is 3.04. The van der Waals surface area contributed by atoms with Crippen molar-refractivity contribution in [3.63, 3.8) is 0 Å². The van der Waals surface area contributed by atoms with E-state index in [1.807, 2.05) is 36.5 Å². The van der Waals surface area contributed by atoms with Crippen molar-refractivity contribution in [3.05, 3.63) is 78.5 Å². The van der Waals surface area contributed by atoms with Crippen LogP contribution in [0.5, 0.6) is 0 Å². The molecule has 1 heterocycles.